The molecule has 0 atom stereocenters. The first-order valence-corrected chi connectivity index (χ1v) is 6.15. The van der Waals surface area contributed by atoms with Crippen molar-refractivity contribution < 1.29 is 9.53 Å². The van der Waals surface area contributed by atoms with Crippen molar-refractivity contribution in [3.63, 3.8) is 0 Å². The molecule has 17 heavy (non-hydrogen) atoms. The molecule has 3 nitrogen and oxygen atoms in total. The fraction of sp³-hybridized carbons (Fsp3) is 0.500. The molecule has 1 N–H and O–H groups in total. The highest BCUT2D eigenvalue weighted by Crippen LogP contribution is 2.06. The molecule has 0 aromatic heterocycles. The van der Waals surface area contributed by atoms with Gasteiger partial charge in [0.05, 0.1) is 6.61 Å². The zero-order chi connectivity index (χ0) is 12.5. The van der Waals surface area contributed by atoms with Gasteiger partial charge in [0.25, 0.3) is 0 Å². The van der Waals surface area contributed by atoms with Gasteiger partial charge in [-0.3, -0.25) is 4.79 Å². The quantitative estimate of drug-likeness (QED) is 0.582. The maximum Gasteiger partial charge on any atom is 0.305 e. The van der Waals surface area contributed by atoms with Gasteiger partial charge >= 0.3 is 5.97 Å². The van der Waals surface area contributed by atoms with E-state index < -0.39 is 0 Å². The molecule has 0 saturated carbocycles. The number of carbonyl (C=O) groups excluding carboxylic acids is 1. The highest BCUT2D eigenvalue weighted by atomic mass is 16.5. The van der Waals surface area contributed by atoms with Crippen molar-refractivity contribution in [2.75, 3.05) is 13.2 Å². The lowest BCUT2D eigenvalue weighted by Crippen LogP contribution is -2.17. The third-order valence-electron chi connectivity index (χ3n) is 2.62. The van der Waals surface area contributed by atoms with Crippen LogP contribution in [0, 0.1) is 6.92 Å². The fourth-order valence-electron chi connectivity index (χ4n) is 1.62. The lowest BCUT2D eigenvalue weighted by molar-refractivity contribution is -0.143. The Morgan fingerprint density at radius 3 is 2.82 bits per heavy atom. The Bertz CT molecular complexity index is 350. The van der Waals surface area contributed by atoms with Crippen molar-refractivity contribution >= 4 is 5.97 Å². The molecular formula is C14H21NO2. The molecule has 0 heterocycles. The summed E-state index contributed by atoms with van der Waals surface area (Å²) in [6, 6.07) is 8.31. The Hall–Kier alpha value is -1.35. The van der Waals surface area contributed by atoms with Crippen molar-refractivity contribution in [1.29, 1.82) is 0 Å². The van der Waals surface area contributed by atoms with Crippen molar-refractivity contribution in [3.05, 3.63) is 35.4 Å². The van der Waals surface area contributed by atoms with E-state index in [0.717, 1.165) is 19.5 Å². The molecule has 0 aliphatic heterocycles. The Morgan fingerprint density at radius 1 is 1.35 bits per heavy atom. The molecule has 0 aliphatic rings. The van der Waals surface area contributed by atoms with Gasteiger partial charge in [0, 0.05) is 13.0 Å². The van der Waals surface area contributed by atoms with Crippen LogP contribution in [0.1, 0.15) is 30.9 Å². The van der Waals surface area contributed by atoms with E-state index in [2.05, 4.69) is 24.4 Å². The highest BCUT2D eigenvalue weighted by molar-refractivity contribution is 5.69. The first-order chi connectivity index (χ1) is 8.24. The molecule has 0 aliphatic carbocycles. The minimum atomic E-state index is -0.106. The van der Waals surface area contributed by atoms with Gasteiger partial charge in [0.2, 0.25) is 0 Å². The van der Waals surface area contributed by atoms with E-state index in [1.807, 2.05) is 19.1 Å². The average molecular weight is 235 g/mol. The molecule has 1 aromatic carbocycles. The van der Waals surface area contributed by atoms with Gasteiger partial charge in [-0.1, -0.05) is 24.3 Å². The molecule has 0 fully saturated rings. The Labute approximate surface area is 103 Å². The molecule has 1 rings (SSSR count). The van der Waals surface area contributed by atoms with Crippen LogP contribution in [0.25, 0.3) is 0 Å². The van der Waals surface area contributed by atoms with Crippen LogP contribution in [0.4, 0.5) is 0 Å². The number of nitrogens with one attached hydrogen (secondary N) is 1. The fourth-order valence-corrected chi connectivity index (χ4v) is 1.62. The molecule has 0 spiro atoms. The molecule has 0 radical (unpaired) electrons. The highest BCUT2D eigenvalue weighted by Gasteiger charge is 2.01. The van der Waals surface area contributed by atoms with E-state index in [4.69, 9.17) is 4.74 Å². The number of aryl methyl sites for hydroxylation is 1. The number of rotatable bonds is 7. The summed E-state index contributed by atoms with van der Waals surface area (Å²) in [5, 5.41) is 3.33. The second-order valence-corrected chi connectivity index (χ2v) is 4.01. The van der Waals surface area contributed by atoms with E-state index in [0.29, 0.717) is 13.0 Å². The van der Waals surface area contributed by atoms with Gasteiger partial charge in [-0.15, -0.1) is 0 Å². The van der Waals surface area contributed by atoms with Gasteiger partial charge in [0.1, 0.15) is 0 Å². The Morgan fingerprint density at radius 2 is 2.12 bits per heavy atom. The van der Waals surface area contributed by atoms with Crippen molar-refractivity contribution in [1.82, 2.24) is 5.32 Å². The lowest BCUT2D eigenvalue weighted by Gasteiger charge is -2.07. The van der Waals surface area contributed by atoms with Gasteiger partial charge in [-0.05, 0) is 37.9 Å². The lowest BCUT2D eigenvalue weighted by atomic mass is 10.1. The van der Waals surface area contributed by atoms with Crippen LogP contribution in [0.3, 0.4) is 0 Å². The molecular weight excluding hydrogens is 214 g/mol. The number of benzene rings is 1. The summed E-state index contributed by atoms with van der Waals surface area (Å²) in [7, 11) is 0. The minimum Gasteiger partial charge on any atom is -0.466 e. The summed E-state index contributed by atoms with van der Waals surface area (Å²) in [5.74, 6) is -0.106. The number of ether oxygens (including phenoxy) is 1. The topological polar surface area (TPSA) is 38.3 Å². The third kappa shape index (κ3) is 5.50. The molecule has 94 valence electrons. The van der Waals surface area contributed by atoms with E-state index in [1.54, 1.807) is 0 Å². The molecule has 0 bridgehead atoms. The molecule has 1 aromatic rings. The minimum absolute atomic E-state index is 0.106. The molecule has 0 unspecified atom stereocenters. The summed E-state index contributed by atoms with van der Waals surface area (Å²) >= 11 is 0. The van der Waals surface area contributed by atoms with Gasteiger partial charge in [-0.25, -0.2) is 0 Å². The first kappa shape index (κ1) is 13.7. The zero-order valence-electron chi connectivity index (χ0n) is 10.7. The first-order valence-electron chi connectivity index (χ1n) is 6.15. The second-order valence-electron chi connectivity index (χ2n) is 4.01. The zero-order valence-corrected chi connectivity index (χ0v) is 10.7. The van der Waals surface area contributed by atoms with E-state index >= 15 is 0 Å². The van der Waals surface area contributed by atoms with Crippen LogP contribution in [0.15, 0.2) is 24.3 Å². The number of carbonyl (C=O) groups is 1. The molecule has 3 heteroatoms. The Kier molecular flexibility index (Phi) is 6.33. The Balaban J connectivity index is 2.13. The number of esters is 1. The predicted molar refractivity (Wildman–Crippen MR) is 68.8 cm³/mol. The summed E-state index contributed by atoms with van der Waals surface area (Å²) < 4.78 is 4.86. The summed E-state index contributed by atoms with van der Waals surface area (Å²) in [4.78, 5) is 11.1. The van der Waals surface area contributed by atoms with Crippen LogP contribution in [-0.2, 0) is 16.1 Å². The number of hydrogen-bond donors (Lipinski definition) is 1. The van der Waals surface area contributed by atoms with Crippen LogP contribution >= 0.6 is 0 Å². The standard InChI is InChI=1S/C14H21NO2/c1-3-17-14(16)9-6-10-15-11-13-8-5-4-7-12(13)2/h4-5,7-8,15H,3,6,9-11H2,1-2H3. The van der Waals surface area contributed by atoms with Crippen LogP contribution in [-0.4, -0.2) is 19.1 Å². The van der Waals surface area contributed by atoms with Gasteiger partial charge < -0.3 is 10.1 Å². The van der Waals surface area contributed by atoms with Crippen molar-refractivity contribution in [2.45, 2.75) is 33.2 Å². The largest absolute Gasteiger partial charge is 0.466 e. The summed E-state index contributed by atoms with van der Waals surface area (Å²) in [6.07, 6.45) is 1.32. The van der Waals surface area contributed by atoms with Crippen molar-refractivity contribution in [2.24, 2.45) is 0 Å². The second kappa shape index (κ2) is 7.85. The predicted octanol–water partition coefficient (Wildman–Crippen LogP) is 2.43. The van der Waals surface area contributed by atoms with E-state index in [1.165, 1.54) is 11.1 Å². The van der Waals surface area contributed by atoms with Crippen LogP contribution < -0.4 is 5.32 Å². The normalized spacial score (nSPS) is 10.2. The summed E-state index contributed by atoms with van der Waals surface area (Å²) in [6.45, 7) is 6.10. The average Bonchev–Trinajstić information content (AvgIpc) is 2.31. The van der Waals surface area contributed by atoms with E-state index in [9.17, 15) is 4.79 Å². The SMILES string of the molecule is CCOC(=O)CCCNCc1ccccc1C. The maximum absolute atomic E-state index is 11.1. The molecule has 0 saturated heterocycles. The van der Waals surface area contributed by atoms with Crippen LogP contribution in [0.5, 0.6) is 0 Å². The summed E-state index contributed by atoms with van der Waals surface area (Å²) in [5.41, 5.74) is 2.61. The third-order valence-corrected chi connectivity index (χ3v) is 2.62. The smallest absolute Gasteiger partial charge is 0.305 e. The maximum atomic E-state index is 11.1. The number of hydrogen-bond acceptors (Lipinski definition) is 3. The van der Waals surface area contributed by atoms with Crippen LogP contribution in [0.2, 0.25) is 0 Å². The van der Waals surface area contributed by atoms with Gasteiger partial charge in [-0.2, -0.15) is 0 Å². The van der Waals surface area contributed by atoms with Gasteiger partial charge in [0.15, 0.2) is 0 Å². The van der Waals surface area contributed by atoms with Crippen molar-refractivity contribution in [3.8, 4) is 0 Å². The van der Waals surface area contributed by atoms with E-state index in [-0.39, 0.29) is 5.97 Å². The monoisotopic (exact) mass is 235 g/mol. The molecule has 0 amide bonds.